The second kappa shape index (κ2) is 9.27. The predicted octanol–water partition coefficient (Wildman–Crippen LogP) is 9.24. The van der Waals surface area contributed by atoms with Gasteiger partial charge in [-0.25, -0.2) is 9.98 Å². The highest BCUT2D eigenvalue weighted by molar-refractivity contribution is 6.32. The summed E-state index contributed by atoms with van der Waals surface area (Å²) in [6.45, 7) is 15.6. The molecule has 0 saturated heterocycles. The van der Waals surface area contributed by atoms with Crippen LogP contribution < -0.4 is 0 Å². The standard InChI is InChI=1S/C35H36N2/c1-23-12-21-30-31(22-23)33(37-27-19-15-25(16-20-27)35(5,6)7)29-11-9-8-10-28(29)32(30)36-26-17-13-24(14-18-26)34(2,3)4/h8-22H,1-7H3. The number of fused-ring (bicyclic) bond motifs is 2. The minimum Gasteiger partial charge on any atom is -0.248 e. The summed E-state index contributed by atoms with van der Waals surface area (Å²) in [5.74, 6) is 0. The van der Waals surface area contributed by atoms with E-state index in [9.17, 15) is 0 Å². The molecule has 0 aliphatic heterocycles. The predicted molar refractivity (Wildman–Crippen MR) is 159 cm³/mol. The van der Waals surface area contributed by atoms with E-state index in [-0.39, 0.29) is 10.8 Å². The zero-order valence-corrected chi connectivity index (χ0v) is 23.1. The van der Waals surface area contributed by atoms with Gasteiger partial charge in [-0.05, 0) is 59.2 Å². The lowest BCUT2D eigenvalue weighted by Gasteiger charge is -2.24. The number of rotatable bonds is 2. The molecule has 0 atom stereocenters. The minimum absolute atomic E-state index is 0.114. The molecule has 0 bridgehead atoms. The van der Waals surface area contributed by atoms with Gasteiger partial charge in [-0.1, -0.05) is 108 Å². The molecule has 2 heteroatoms. The maximum atomic E-state index is 5.21. The zero-order valence-electron chi connectivity index (χ0n) is 23.1. The number of aliphatic imine (C=N–C) groups is 2. The van der Waals surface area contributed by atoms with Gasteiger partial charge in [0.2, 0.25) is 0 Å². The van der Waals surface area contributed by atoms with E-state index in [1.807, 2.05) is 0 Å². The van der Waals surface area contributed by atoms with Crippen LogP contribution >= 0.6 is 0 Å². The Labute approximate surface area is 221 Å². The molecule has 0 N–H and O–H groups in total. The number of nitrogens with zero attached hydrogens (tertiary/aromatic N) is 2. The summed E-state index contributed by atoms with van der Waals surface area (Å²) in [7, 11) is 0. The van der Waals surface area contributed by atoms with Crippen molar-refractivity contribution in [3.63, 3.8) is 0 Å². The van der Waals surface area contributed by atoms with E-state index in [2.05, 4.69) is 139 Å². The minimum atomic E-state index is 0.114. The van der Waals surface area contributed by atoms with Crippen LogP contribution in [0.3, 0.4) is 0 Å². The van der Waals surface area contributed by atoms with Gasteiger partial charge in [0.25, 0.3) is 0 Å². The lowest BCUT2D eigenvalue weighted by Crippen LogP contribution is -2.22. The molecule has 0 aromatic heterocycles. The Morgan fingerprint density at radius 2 is 0.865 bits per heavy atom. The van der Waals surface area contributed by atoms with Crippen molar-refractivity contribution in [3.05, 3.63) is 130 Å². The Balaban J connectivity index is 1.66. The third-order valence-electron chi connectivity index (χ3n) is 7.07. The van der Waals surface area contributed by atoms with Crippen molar-refractivity contribution in [2.24, 2.45) is 9.98 Å². The molecule has 186 valence electrons. The second-order valence-corrected chi connectivity index (χ2v) is 12.1. The van der Waals surface area contributed by atoms with Gasteiger partial charge in [0.15, 0.2) is 0 Å². The number of aryl methyl sites for hydroxylation is 1. The SMILES string of the molecule is Cc1ccc2c(c1)C(=Nc1ccc(C(C)(C)C)cc1)c1ccccc1C2=Nc1ccc(C(C)(C)C)cc1. The van der Waals surface area contributed by atoms with Crippen LogP contribution in [0.1, 0.15) is 80.5 Å². The van der Waals surface area contributed by atoms with Crippen LogP contribution in [0.4, 0.5) is 11.4 Å². The third kappa shape index (κ3) is 5.06. The fourth-order valence-electron chi connectivity index (χ4n) is 4.82. The molecule has 1 aliphatic rings. The van der Waals surface area contributed by atoms with E-state index in [4.69, 9.17) is 9.98 Å². The van der Waals surface area contributed by atoms with E-state index in [0.29, 0.717) is 0 Å². The molecular formula is C35H36N2. The van der Waals surface area contributed by atoms with Crippen molar-refractivity contribution >= 4 is 22.8 Å². The van der Waals surface area contributed by atoms with Gasteiger partial charge in [-0.3, -0.25) is 0 Å². The normalized spacial score (nSPS) is 15.5. The lowest BCUT2D eigenvalue weighted by atomic mass is 9.82. The monoisotopic (exact) mass is 484 g/mol. The lowest BCUT2D eigenvalue weighted by molar-refractivity contribution is 0.590. The van der Waals surface area contributed by atoms with Gasteiger partial charge in [0, 0.05) is 22.3 Å². The van der Waals surface area contributed by atoms with Gasteiger partial charge >= 0.3 is 0 Å². The first-order valence-corrected chi connectivity index (χ1v) is 13.1. The molecule has 0 amide bonds. The summed E-state index contributed by atoms with van der Waals surface area (Å²) in [5, 5.41) is 0. The summed E-state index contributed by atoms with van der Waals surface area (Å²) in [4.78, 5) is 10.4. The van der Waals surface area contributed by atoms with Gasteiger partial charge in [0.05, 0.1) is 22.8 Å². The molecular weight excluding hydrogens is 448 g/mol. The van der Waals surface area contributed by atoms with Crippen molar-refractivity contribution in [2.75, 3.05) is 0 Å². The topological polar surface area (TPSA) is 24.7 Å². The zero-order chi connectivity index (χ0) is 26.4. The molecule has 0 saturated carbocycles. The first kappa shape index (κ1) is 24.9. The average Bonchev–Trinajstić information content (AvgIpc) is 2.85. The molecule has 0 fully saturated rings. The van der Waals surface area contributed by atoms with Crippen LogP contribution in [0.2, 0.25) is 0 Å². The molecule has 0 radical (unpaired) electrons. The van der Waals surface area contributed by atoms with Crippen molar-refractivity contribution in [3.8, 4) is 0 Å². The van der Waals surface area contributed by atoms with E-state index in [0.717, 1.165) is 45.1 Å². The molecule has 5 rings (SSSR count). The number of hydrogen-bond acceptors (Lipinski definition) is 2. The van der Waals surface area contributed by atoms with Gasteiger partial charge in [-0.2, -0.15) is 0 Å². The highest BCUT2D eigenvalue weighted by atomic mass is 14.8. The van der Waals surface area contributed by atoms with Crippen molar-refractivity contribution < 1.29 is 0 Å². The molecule has 0 spiro atoms. The Kier molecular flexibility index (Phi) is 6.23. The van der Waals surface area contributed by atoms with Gasteiger partial charge in [0.1, 0.15) is 0 Å². The van der Waals surface area contributed by atoms with Crippen LogP contribution in [0.25, 0.3) is 0 Å². The van der Waals surface area contributed by atoms with E-state index >= 15 is 0 Å². The first-order chi connectivity index (χ1) is 17.5. The number of hydrogen-bond donors (Lipinski definition) is 0. The van der Waals surface area contributed by atoms with Crippen LogP contribution in [-0.2, 0) is 10.8 Å². The van der Waals surface area contributed by atoms with Crippen LogP contribution in [-0.4, -0.2) is 11.4 Å². The average molecular weight is 485 g/mol. The first-order valence-electron chi connectivity index (χ1n) is 13.1. The fraction of sp³-hybridized carbons (Fsp3) is 0.257. The smallest absolute Gasteiger partial charge is 0.0795 e. The molecule has 1 aliphatic carbocycles. The molecule has 37 heavy (non-hydrogen) atoms. The van der Waals surface area contributed by atoms with E-state index in [1.54, 1.807) is 0 Å². The van der Waals surface area contributed by atoms with Crippen molar-refractivity contribution in [1.29, 1.82) is 0 Å². The molecule has 0 unspecified atom stereocenters. The van der Waals surface area contributed by atoms with Crippen LogP contribution in [0, 0.1) is 6.92 Å². The Morgan fingerprint density at radius 3 is 1.30 bits per heavy atom. The molecule has 0 heterocycles. The van der Waals surface area contributed by atoms with E-state index < -0.39 is 0 Å². The largest absolute Gasteiger partial charge is 0.248 e. The summed E-state index contributed by atoms with van der Waals surface area (Å²) >= 11 is 0. The quantitative estimate of drug-likeness (QED) is 0.238. The van der Waals surface area contributed by atoms with Crippen LogP contribution in [0.15, 0.2) is 101 Å². The van der Waals surface area contributed by atoms with Crippen LogP contribution in [0.5, 0.6) is 0 Å². The van der Waals surface area contributed by atoms with Crippen molar-refractivity contribution in [1.82, 2.24) is 0 Å². The fourth-order valence-corrected chi connectivity index (χ4v) is 4.82. The molecule has 2 nitrogen and oxygen atoms in total. The summed E-state index contributed by atoms with van der Waals surface area (Å²) in [6, 6.07) is 32.4. The number of benzene rings is 4. The molecule has 4 aromatic rings. The Morgan fingerprint density at radius 1 is 0.459 bits per heavy atom. The maximum absolute atomic E-state index is 5.21. The summed E-state index contributed by atoms with van der Waals surface area (Å²) in [6.07, 6.45) is 0. The van der Waals surface area contributed by atoms with Crippen molar-refractivity contribution in [2.45, 2.75) is 59.3 Å². The van der Waals surface area contributed by atoms with E-state index in [1.165, 1.54) is 16.7 Å². The second-order valence-electron chi connectivity index (χ2n) is 12.1. The third-order valence-corrected chi connectivity index (χ3v) is 7.07. The summed E-state index contributed by atoms with van der Waals surface area (Å²) in [5.41, 5.74) is 12.5. The summed E-state index contributed by atoms with van der Waals surface area (Å²) < 4.78 is 0. The molecule has 4 aromatic carbocycles. The van der Waals surface area contributed by atoms with Gasteiger partial charge < -0.3 is 0 Å². The highest BCUT2D eigenvalue weighted by Crippen LogP contribution is 2.33. The Bertz CT molecular complexity index is 1500. The highest BCUT2D eigenvalue weighted by Gasteiger charge is 2.27. The maximum Gasteiger partial charge on any atom is 0.0795 e. The Hall–Kier alpha value is -3.78. The van der Waals surface area contributed by atoms with Gasteiger partial charge in [-0.15, -0.1) is 0 Å².